The van der Waals surface area contributed by atoms with Gasteiger partial charge in [-0.2, -0.15) is 11.8 Å². The van der Waals surface area contributed by atoms with E-state index in [1.54, 1.807) is 13.4 Å². The molecule has 0 aliphatic carbocycles. The topological polar surface area (TPSA) is 67.3 Å². The molecule has 1 amide bonds. The van der Waals surface area contributed by atoms with E-state index in [0.717, 1.165) is 35.4 Å². The number of hydrogen-bond acceptors (Lipinski definition) is 7. The Kier molecular flexibility index (Phi) is 6.41. The number of carbonyl (C=O) groups excluding carboxylic acids is 1. The molecule has 1 fully saturated rings. The van der Waals surface area contributed by atoms with Gasteiger partial charge in [0, 0.05) is 30.7 Å². The van der Waals surface area contributed by atoms with E-state index in [9.17, 15) is 4.79 Å². The van der Waals surface area contributed by atoms with Gasteiger partial charge in [-0.3, -0.25) is 4.79 Å². The molecule has 0 atom stereocenters. The molecule has 1 aromatic heterocycles. The highest BCUT2D eigenvalue weighted by molar-refractivity contribution is 8.00. The molecule has 6 nitrogen and oxygen atoms in total. The molecule has 1 saturated heterocycles. The molecule has 0 bridgehead atoms. The Labute approximate surface area is 155 Å². The third-order valence-electron chi connectivity index (χ3n) is 3.69. The summed E-state index contributed by atoms with van der Waals surface area (Å²) in [5.74, 6) is 4.01. The smallest absolute Gasteiger partial charge is 0.234 e. The molecule has 132 valence electrons. The average Bonchev–Trinajstić information content (AvgIpc) is 2.68. The molecule has 2 heterocycles. The highest BCUT2D eigenvalue weighted by Crippen LogP contribution is 2.25. The molecule has 1 aliphatic rings. The van der Waals surface area contributed by atoms with Gasteiger partial charge in [-0.25, -0.2) is 9.97 Å². The van der Waals surface area contributed by atoms with Gasteiger partial charge in [0.05, 0.1) is 18.6 Å². The van der Waals surface area contributed by atoms with Crippen LogP contribution >= 0.6 is 23.5 Å². The number of para-hydroxylation sites is 2. The van der Waals surface area contributed by atoms with E-state index in [0.29, 0.717) is 11.4 Å². The number of benzene rings is 1. The van der Waals surface area contributed by atoms with Gasteiger partial charge in [0.15, 0.2) is 0 Å². The standard InChI is InChI=1S/C17H20N4O2S2/c1-23-14-5-3-2-4-13(14)20-16(22)11-25-17-10-15(18-12-19-17)21-6-8-24-9-7-21/h2-5,10,12H,6-9,11H2,1H3,(H,20,22). The number of hydrogen-bond donors (Lipinski definition) is 1. The van der Waals surface area contributed by atoms with Gasteiger partial charge < -0.3 is 15.0 Å². The third kappa shape index (κ3) is 5.02. The number of nitrogens with one attached hydrogen (secondary N) is 1. The van der Waals surface area contributed by atoms with Crippen LogP contribution in [0.4, 0.5) is 11.5 Å². The molecule has 3 rings (SSSR count). The van der Waals surface area contributed by atoms with Crippen molar-refractivity contribution in [3.63, 3.8) is 0 Å². The van der Waals surface area contributed by atoms with Crippen LogP contribution in [0.15, 0.2) is 41.7 Å². The summed E-state index contributed by atoms with van der Waals surface area (Å²) >= 11 is 3.37. The van der Waals surface area contributed by atoms with Crippen molar-refractivity contribution < 1.29 is 9.53 Å². The minimum absolute atomic E-state index is 0.0935. The Morgan fingerprint density at radius 2 is 2.12 bits per heavy atom. The lowest BCUT2D eigenvalue weighted by Gasteiger charge is -2.27. The van der Waals surface area contributed by atoms with Crippen molar-refractivity contribution in [2.24, 2.45) is 0 Å². The molecule has 0 saturated carbocycles. The number of rotatable bonds is 6. The predicted molar refractivity (Wildman–Crippen MR) is 104 cm³/mol. The van der Waals surface area contributed by atoms with E-state index in [2.05, 4.69) is 20.2 Å². The fourth-order valence-corrected chi connectivity index (χ4v) is 4.01. The second-order valence-corrected chi connectivity index (χ2v) is 7.57. The lowest BCUT2D eigenvalue weighted by molar-refractivity contribution is -0.113. The first-order chi connectivity index (χ1) is 12.3. The number of methoxy groups -OCH3 is 1. The Morgan fingerprint density at radius 3 is 2.92 bits per heavy atom. The maximum Gasteiger partial charge on any atom is 0.234 e. The second kappa shape index (κ2) is 8.96. The highest BCUT2D eigenvalue weighted by Gasteiger charge is 2.14. The van der Waals surface area contributed by atoms with Crippen LogP contribution in [0.25, 0.3) is 0 Å². The zero-order valence-electron chi connectivity index (χ0n) is 14.0. The first kappa shape index (κ1) is 17.9. The summed E-state index contributed by atoms with van der Waals surface area (Å²) in [5, 5.41) is 3.67. The van der Waals surface area contributed by atoms with Crippen molar-refractivity contribution in [3.05, 3.63) is 36.7 Å². The molecular weight excluding hydrogens is 356 g/mol. The summed E-state index contributed by atoms with van der Waals surface area (Å²) in [6.07, 6.45) is 1.57. The number of anilines is 2. The van der Waals surface area contributed by atoms with Crippen LogP contribution in [0.2, 0.25) is 0 Å². The van der Waals surface area contributed by atoms with E-state index in [4.69, 9.17) is 4.74 Å². The summed E-state index contributed by atoms with van der Waals surface area (Å²) in [4.78, 5) is 23.1. The maximum absolute atomic E-state index is 12.2. The van der Waals surface area contributed by atoms with Gasteiger partial charge in [0.2, 0.25) is 5.91 Å². The van der Waals surface area contributed by atoms with Gasteiger partial charge in [-0.05, 0) is 12.1 Å². The van der Waals surface area contributed by atoms with Crippen molar-refractivity contribution in [2.75, 3.05) is 47.7 Å². The normalized spacial score (nSPS) is 14.2. The van der Waals surface area contributed by atoms with Crippen LogP contribution in [-0.4, -0.2) is 53.3 Å². The van der Waals surface area contributed by atoms with Gasteiger partial charge in [-0.1, -0.05) is 23.9 Å². The lowest BCUT2D eigenvalue weighted by atomic mass is 10.3. The predicted octanol–water partition coefficient (Wildman–Crippen LogP) is 2.77. The molecule has 8 heteroatoms. The number of ether oxygens (including phenoxy) is 1. The minimum atomic E-state index is -0.0935. The summed E-state index contributed by atoms with van der Waals surface area (Å²) in [6, 6.07) is 9.32. The zero-order chi connectivity index (χ0) is 17.5. The molecule has 1 aliphatic heterocycles. The van der Waals surface area contributed by atoms with Crippen LogP contribution in [0, 0.1) is 0 Å². The van der Waals surface area contributed by atoms with Crippen LogP contribution in [-0.2, 0) is 4.79 Å². The largest absolute Gasteiger partial charge is 0.495 e. The molecule has 0 radical (unpaired) electrons. The summed E-state index contributed by atoms with van der Waals surface area (Å²) in [7, 11) is 1.58. The SMILES string of the molecule is COc1ccccc1NC(=O)CSc1cc(N2CCSCC2)ncn1. The molecule has 0 unspecified atom stereocenters. The minimum Gasteiger partial charge on any atom is -0.495 e. The Morgan fingerprint density at radius 1 is 1.32 bits per heavy atom. The third-order valence-corrected chi connectivity index (χ3v) is 5.56. The molecule has 25 heavy (non-hydrogen) atoms. The van der Waals surface area contributed by atoms with Crippen molar-refractivity contribution in [1.29, 1.82) is 0 Å². The second-order valence-electron chi connectivity index (χ2n) is 5.35. The Balaban J connectivity index is 1.57. The van der Waals surface area contributed by atoms with E-state index in [1.165, 1.54) is 11.8 Å². The average molecular weight is 377 g/mol. The van der Waals surface area contributed by atoms with Crippen LogP contribution in [0.3, 0.4) is 0 Å². The Bertz CT molecular complexity index is 723. The van der Waals surface area contributed by atoms with E-state index in [1.807, 2.05) is 42.1 Å². The number of aromatic nitrogens is 2. The van der Waals surface area contributed by atoms with Crippen LogP contribution < -0.4 is 15.0 Å². The molecule has 0 spiro atoms. The molecule has 1 N–H and O–H groups in total. The number of thioether (sulfide) groups is 2. The fourth-order valence-electron chi connectivity index (χ4n) is 2.45. The van der Waals surface area contributed by atoms with Gasteiger partial charge in [0.25, 0.3) is 0 Å². The number of nitrogens with zero attached hydrogens (tertiary/aromatic N) is 3. The quantitative estimate of drug-likeness (QED) is 0.614. The molecule has 2 aromatic rings. The van der Waals surface area contributed by atoms with Crippen LogP contribution in [0.1, 0.15) is 0 Å². The van der Waals surface area contributed by atoms with Gasteiger partial charge in [-0.15, -0.1) is 0 Å². The van der Waals surface area contributed by atoms with Crippen molar-refractivity contribution in [3.8, 4) is 5.75 Å². The van der Waals surface area contributed by atoms with Crippen molar-refractivity contribution in [2.45, 2.75) is 5.03 Å². The van der Waals surface area contributed by atoms with E-state index < -0.39 is 0 Å². The van der Waals surface area contributed by atoms with Crippen molar-refractivity contribution in [1.82, 2.24) is 9.97 Å². The highest BCUT2D eigenvalue weighted by atomic mass is 32.2. The fraction of sp³-hybridized carbons (Fsp3) is 0.353. The molecular formula is C17H20N4O2S2. The zero-order valence-corrected chi connectivity index (χ0v) is 15.6. The maximum atomic E-state index is 12.2. The number of carbonyl (C=O) groups is 1. The summed E-state index contributed by atoms with van der Waals surface area (Å²) in [5.41, 5.74) is 0.671. The van der Waals surface area contributed by atoms with Gasteiger partial charge in [0.1, 0.15) is 22.9 Å². The Hall–Kier alpha value is -1.93. The first-order valence-corrected chi connectivity index (χ1v) is 10.1. The van der Waals surface area contributed by atoms with Crippen LogP contribution in [0.5, 0.6) is 5.75 Å². The molecule has 1 aromatic carbocycles. The number of amides is 1. The lowest BCUT2D eigenvalue weighted by Crippen LogP contribution is -2.33. The summed E-state index contributed by atoms with van der Waals surface area (Å²) < 4.78 is 5.24. The van der Waals surface area contributed by atoms with E-state index in [-0.39, 0.29) is 11.7 Å². The first-order valence-electron chi connectivity index (χ1n) is 7.96. The van der Waals surface area contributed by atoms with E-state index >= 15 is 0 Å². The van der Waals surface area contributed by atoms with Crippen molar-refractivity contribution >= 4 is 40.9 Å². The summed E-state index contributed by atoms with van der Waals surface area (Å²) in [6.45, 7) is 2.00. The van der Waals surface area contributed by atoms with Gasteiger partial charge >= 0.3 is 0 Å². The monoisotopic (exact) mass is 376 g/mol.